The number of carboxylic acids is 2. The maximum atomic E-state index is 10.9. The van der Waals surface area contributed by atoms with Crippen molar-refractivity contribution in [3.63, 3.8) is 0 Å². The van der Waals surface area contributed by atoms with E-state index < -0.39 is 41.0 Å². The van der Waals surface area contributed by atoms with Gasteiger partial charge in [0.25, 0.3) is 0 Å². The lowest BCUT2D eigenvalue weighted by Crippen LogP contribution is -2.36. The Balaban J connectivity index is 5.16. The molecule has 3 unspecified atom stereocenters. The molecule has 0 saturated carbocycles. The van der Waals surface area contributed by atoms with Crippen molar-refractivity contribution in [2.75, 3.05) is 12.4 Å². The van der Waals surface area contributed by atoms with Crippen molar-refractivity contribution in [3.8, 4) is 0 Å². The van der Waals surface area contributed by atoms with Crippen molar-refractivity contribution in [3.05, 3.63) is 0 Å². The number of hydrogen-bond acceptors (Lipinski definition) is 4. The molecule has 0 spiro atoms. The second-order valence-corrected chi connectivity index (χ2v) is 5.91. The number of carbonyl (C=O) groups is 2. The van der Waals surface area contributed by atoms with Crippen molar-refractivity contribution in [2.24, 2.45) is 11.3 Å². The average Bonchev–Trinajstić information content (AvgIpc) is 2.36. The van der Waals surface area contributed by atoms with Crippen molar-refractivity contribution in [2.45, 2.75) is 39.0 Å². The predicted octanol–water partition coefficient (Wildman–Crippen LogP) is 0.943. The van der Waals surface area contributed by atoms with Crippen molar-refractivity contribution in [1.29, 1.82) is 0 Å². The third kappa shape index (κ3) is 6.44. The fourth-order valence-corrected chi connectivity index (χ4v) is 3.09. The Morgan fingerprint density at radius 1 is 1.20 bits per heavy atom. The van der Waals surface area contributed by atoms with Crippen molar-refractivity contribution in [1.82, 2.24) is 0 Å². The highest BCUT2D eigenvalue weighted by Crippen LogP contribution is 2.42. The number of rotatable bonds is 11. The molecule has 0 aliphatic heterocycles. The standard InChI is InChI=1S/C12H22O7S/c1-2-12(4-3-10(14)15,5-6-20(18)19)9(8-13)7-11(16)17/h9,13H,2-8H2,1H3,(H,14,15)(H,16,17)(H,18,19). The molecule has 0 heterocycles. The maximum absolute atomic E-state index is 10.9. The summed E-state index contributed by atoms with van der Waals surface area (Å²) in [5.41, 5.74) is -0.760. The molecule has 0 fully saturated rings. The molecule has 0 aliphatic rings. The van der Waals surface area contributed by atoms with E-state index in [9.17, 15) is 18.9 Å². The molecule has 0 amide bonds. The summed E-state index contributed by atoms with van der Waals surface area (Å²) >= 11 is -2.04. The first-order valence-electron chi connectivity index (χ1n) is 6.39. The van der Waals surface area contributed by atoms with Crippen LogP contribution in [0.3, 0.4) is 0 Å². The largest absolute Gasteiger partial charge is 0.481 e. The van der Waals surface area contributed by atoms with Gasteiger partial charge < -0.3 is 19.9 Å². The fourth-order valence-electron chi connectivity index (χ4n) is 2.51. The molecule has 0 saturated heterocycles. The van der Waals surface area contributed by atoms with Crippen LogP contribution in [0.5, 0.6) is 0 Å². The summed E-state index contributed by atoms with van der Waals surface area (Å²) in [4.78, 5) is 21.6. The van der Waals surface area contributed by atoms with Crippen LogP contribution in [0.15, 0.2) is 0 Å². The first-order valence-corrected chi connectivity index (χ1v) is 7.67. The fraction of sp³-hybridized carbons (Fsp3) is 0.833. The van der Waals surface area contributed by atoms with Gasteiger partial charge in [0.05, 0.1) is 6.42 Å². The van der Waals surface area contributed by atoms with Crippen LogP contribution in [0.1, 0.15) is 39.0 Å². The Morgan fingerprint density at radius 3 is 2.15 bits per heavy atom. The number of carboxylic acid groups (broad SMARTS) is 2. The second kappa shape index (κ2) is 9.04. The van der Waals surface area contributed by atoms with Gasteiger partial charge in [-0.05, 0) is 24.2 Å². The van der Waals surface area contributed by atoms with E-state index in [0.717, 1.165) is 0 Å². The molecule has 0 bridgehead atoms. The molecule has 0 aromatic rings. The molecule has 118 valence electrons. The molecule has 3 atom stereocenters. The van der Waals surface area contributed by atoms with Crippen molar-refractivity contribution < 1.29 is 33.7 Å². The summed E-state index contributed by atoms with van der Waals surface area (Å²) < 4.78 is 19.8. The quantitative estimate of drug-likeness (QED) is 0.417. The highest BCUT2D eigenvalue weighted by atomic mass is 32.2. The van der Waals surface area contributed by atoms with E-state index in [4.69, 9.17) is 14.8 Å². The van der Waals surface area contributed by atoms with Crippen LogP contribution < -0.4 is 0 Å². The zero-order valence-electron chi connectivity index (χ0n) is 11.4. The van der Waals surface area contributed by atoms with E-state index in [2.05, 4.69) is 0 Å². The smallest absolute Gasteiger partial charge is 0.303 e. The van der Waals surface area contributed by atoms with Crippen molar-refractivity contribution >= 4 is 23.0 Å². The third-order valence-corrected chi connectivity index (χ3v) is 4.38. The molecule has 8 heteroatoms. The Bertz CT molecular complexity index is 338. The van der Waals surface area contributed by atoms with Gasteiger partial charge in [-0.25, -0.2) is 4.21 Å². The molecule has 0 aliphatic carbocycles. The van der Waals surface area contributed by atoms with E-state index in [1.165, 1.54) is 0 Å². The van der Waals surface area contributed by atoms with E-state index in [0.29, 0.717) is 6.42 Å². The molecule has 0 aromatic carbocycles. The highest BCUT2D eigenvalue weighted by Gasteiger charge is 2.38. The predicted molar refractivity (Wildman–Crippen MR) is 72.7 cm³/mol. The van der Waals surface area contributed by atoms with Gasteiger partial charge in [0.1, 0.15) is 0 Å². The van der Waals surface area contributed by atoms with Gasteiger partial charge in [0.2, 0.25) is 0 Å². The van der Waals surface area contributed by atoms with E-state index in [1.54, 1.807) is 6.92 Å². The highest BCUT2D eigenvalue weighted by molar-refractivity contribution is 7.79. The van der Waals surface area contributed by atoms with Crippen LogP contribution in [-0.4, -0.2) is 48.4 Å². The molecular weight excluding hydrogens is 288 g/mol. The zero-order chi connectivity index (χ0) is 15.8. The molecule has 0 rings (SSSR count). The maximum Gasteiger partial charge on any atom is 0.303 e. The summed E-state index contributed by atoms with van der Waals surface area (Å²) in [6.07, 6.45) is 0.368. The Morgan fingerprint density at radius 2 is 1.80 bits per heavy atom. The lowest BCUT2D eigenvalue weighted by atomic mass is 9.67. The number of hydrogen-bond donors (Lipinski definition) is 4. The van der Waals surface area contributed by atoms with Gasteiger partial charge in [-0.2, -0.15) is 0 Å². The zero-order valence-corrected chi connectivity index (χ0v) is 12.3. The first-order chi connectivity index (χ1) is 9.27. The topological polar surface area (TPSA) is 132 Å². The van der Waals surface area contributed by atoms with Crippen LogP contribution in [0.25, 0.3) is 0 Å². The summed E-state index contributed by atoms with van der Waals surface area (Å²) in [6.45, 7) is 1.38. The summed E-state index contributed by atoms with van der Waals surface area (Å²) in [5.74, 6) is -2.79. The lowest BCUT2D eigenvalue weighted by molar-refractivity contribution is -0.140. The molecule has 7 nitrogen and oxygen atoms in total. The monoisotopic (exact) mass is 310 g/mol. The normalized spacial score (nSPS) is 17.1. The van der Waals surface area contributed by atoms with Crippen LogP contribution in [0.4, 0.5) is 0 Å². The lowest BCUT2D eigenvalue weighted by Gasteiger charge is -2.39. The van der Waals surface area contributed by atoms with Crippen LogP contribution in [0.2, 0.25) is 0 Å². The summed E-state index contributed by atoms with van der Waals surface area (Å²) in [6, 6.07) is 0. The molecule has 0 aromatic heterocycles. The van der Waals surface area contributed by atoms with Crippen LogP contribution in [0, 0.1) is 11.3 Å². The molecule has 4 N–H and O–H groups in total. The first kappa shape index (κ1) is 19.0. The summed E-state index contributed by atoms with van der Waals surface area (Å²) in [5, 5.41) is 27.1. The van der Waals surface area contributed by atoms with Gasteiger partial charge in [-0.1, -0.05) is 13.3 Å². The van der Waals surface area contributed by atoms with Gasteiger partial charge in [-0.3, -0.25) is 9.59 Å². The molecular formula is C12H22O7S. The number of aliphatic hydroxyl groups excluding tert-OH is 1. The third-order valence-electron chi connectivity index (χ3n) is 3.82. The van der Waals surface area contributed by atoms with Gasteiger partial charge in [-0.15, -0.1) is 0 Å². The molecule has 0 radical (unpaired) electrons. The van der Waals surface area contributed by atoms with Gasteiger partial charge >= 0.3 is 11.9 Å². The minimum absolute atomic E-state index is 0.0659. The minimum atomic E-state index is -2.04. The summed E-state index contributed by atoms with van der Waals surface area (Å²) in [7, 11) is 0. The van der Waals surface area contributed by atoms with E-state index in [1.807, 2.05) is 0 Å². The van der Waals surface area contributed by atoms with Crippen LogP contribution >= 0.6 is 0 Å². The van der Waals surface area contributed by atoms with Gasteiger partial charge in [0.15, 0.2) is 11.1 Å². The number of aliphatic carboxylic acids is 2. The second-order valence-electron chi connectivity index (χ2n) is 4.86. The molecule has 20 heavy (non-hydrogen) atoms. The van der Waals surface area contributed by atoms with Crippen LogP contribution in [-0.2, 0) is 20.7 Å². The average molecular weight is 310 g/mol. The minimum Gasteiger partial charge on any atom is -0.481 e. The Labute approximate surface area is 120 Å². The number of aliphatic hydroxyl groups is 1. The van der Waals surface area contributed by atoms with Gasteiger partial charge in [0, 0.05) is 18.8 Å². The SMILES string of the molecule is CCC(CCC(=O)O)(CCS(=O)O)C(CO)CC(=O)O. The Kier molecular flexibility index (Phi) is 8.59. The van der Waals surface area contributed by atoms with E-state index >= 15 is 0 Å². The van der Waals surface area contributed by atoms with E-state index in [-0.39, 0.29) is 31.4 Å². The Hall–Kier alpha value is -0.990.